The second kappa shape index (κ2) is 9.48. The molecule has 172 valence electrons. The Kier molecular flexibility index (Phi) is 5.92. The Balaban J connectivity index is 1.48. The van der Waals surface area contributed by atoms with Crippen molar-refractivity contribution in [3.8, 4) is 22.7 Å². The van der Waals surface area contributed by atoms with Gasteiger partial charge in [-0.25, -0.2) is 9.48 Å². The fourth-order valence-corrected chi connectivity index (χ4v) is 3.64. The summed E-state index contributed by atoms with van der Waals surface area (Å²) in [5.74, 6) is -0.826. The lowest BCUT2D eigenvalue weighted by Gasteiger charge is -2.13. The number of carbonyl (C=O) groups excluding carboxylic acids is 3. The summed E-state index contributed by atoms with van der Waals surface area (Å²) in [5, 5.41) is 8.89. The lowest BCUT2D eigenvalue weighted by Crippen LogP contribution is -2.51. The number of para-hydroxylation sites is 1. The van der Waals surface area contributed by atoms with Crippen LogP contribution in [-0.4, -0.2) is 27.6 Å². The van der Waals surface area contributed by atoms with E-state index in [2.05, 4.69) is 10.6 Å². The minimum absolute atomic E-state index is 0.179. The van der Waals surface area contributed by atoms with Crippen LogP contribution in [0.1, 0.15) is 11.1 Å². The van der Waals surface area contributed by atoms with Crippen molar-refractivity contribution in [1.29, 1.82) is 0 Å². The fourth-order valence-electron chi connectivity index (χ4n) is 3.64. The van der Waals surface area contributed by atoms with Crippen molar-refractivity contribution in [2.75, 3.05) is 0 Å². The highest BCUT2D eigenvalue weighted by molar-refractivity contribution is 6.31. The van der Waals surface area contributed by atoms with E-state index >= 15 is 0 Å². The number of carbonyl (C=O) groups is 3. The SMILES string of the molecule is O=C1NC(=O)C(=Cc2cn(-c3ccccc3)nc2-c2ccc(OCc3ccccc3)cc2)C(=O)N1. The van der Waals surface area contributed by atoms with Crippen LogP contribution in [0.2, 0.25) is 0 Å². The highest BCUT2D eigenvalue weighted by Gasteiger charge is 2.28. The highest BCUT2D eigenvalue weighted by Crippen LogP contribution is 2.28. The number of benzene rings is 3. The smallest absolute Gasteiger partial charge is 0.328 e. The van der Waals surface area contributed by atoms with E-state index in [0.717, 1.165) is 16.8 Å². The molecule has 0 atom stereocenters. The van der Waals surface area contributed by atoms with Gasteiger partial charge in [0.25, 0.3) is 11.8 Å². The molecule has 0 spiro atoms. The number of ether oxygens (including phenoxy) is 1. The van der Waals surface area contributed by atoms with Gasteiger partial charge in [0, 0.05) is 17.3 Å². The molecule has 0 bridgehead atoms. The summed E-state index contributed by atoms with van der Waals surface area (Å²) in [6.07, 6.45) is 3.16. The number of urea groups is 1. The van der Waals surface area contributed by atoms with Crippen molar-refractivity contribution in [2.45, 2.75) is 6.61 Å². The summed E-state index contributed by atoms with van der Waals surface area (Å²) >= 11 is 0. The van der Waals surface area contributed by atoms with Crippen molar-refractivity contribution in [1.82, 2.24) is 20.4 Å². The number of amides is 4. The maximum atomic E-state index is 12.3. The number of barbiturate groups is 1. The molecule has 8 nitrogen and oxygen atoms in total. The molecule has 4 amide bonds. The predicted octanol–water partition coefficient (Wildman–Crippen LogP) is 3.87. The molecular formula is C27H20N4O4. The van der Waals surface area contributed by atoms with Crippen molar-refractivity contribution in [3.63, 3.8) is 0 Å². The lowest BCUT2D eigenvalue weighted by molar-refractivity contribution is -0.123. The van der Waals surface area contributed by atoms with Gasteiger partial charge in [0.05, 0.1) is 11.4 Å². The maximum Gasteiger partial charge on any atom is 0.328 e. The minimum atomic E-state index is -0.844. The van der Waals surface area contributed by atoms with Gasteiger partial charge in [-0.2, -0.15) is 5.10 Å². The van der Waals surface area contributed by atoms with Crippen molar-refractivity contribution in [3.05, 3.63) is 108 Å². The number of rotatable bonds is 6. The molecular weight excluding hydrogens is 444 g/mol. The van der Waals surface area contributed by atoms with E-state index in [1.165, 1.54) is 6.08 Å². The first-order valence-electron chi connectivity index (χ1n) is 10.9. The molecule has 1 aromatic heterocycles. The Morgan fingerprint density at radius 3 is 2.09 bits per heavy atom. The second-order valence-corrected chi connectivity index (χ2v) is 7.81. The third kappa shape index (κ3) is 4.86. The van der Waals surface area contributed by atoms with Gasteiger partial charge in [-0.1, -0.05) is 48.5 Å². The first kappa shape index (κ1) is 21.8. The molecule has 1 aliphatic heterocycles. The van der Waals surface area contributed by atoms with Crippen LogP contribution in [-0.2, 0) is 16.2 Å². The summed E-state index contributed by atoms with van der Waals surface area (Å²) in [4.78, 5) is 36.0. The van der Waals surface area contributed by atoms with Crippen LogP contribution in [0.25, 0.3) is 23.0 Å². The second-order valence-electron chi connectivity index (χ2n) is 7.81. The third-order valence-corrected chi connectivity index (χ3v) is 5.38. The summed E-state index contributed by atoms with van der Waals surface area (Å²) in [7, 11) is 0. The molecule has 2 N–H and O–H groups in total. The molecule has 1 fully saturated rings. The number of nitrogens with zero attached hydrogens (tertiary/aromatic N) is 2. The zero-order chi connectivity index (χ0) is 24.2. The van der Waals surface area contributed by atoms with Crippen LogP contribution < -0.4 is 15.4 Å². The monoisotopic (exact) mass is 464 g/mol. The first-order valence-corrected chi connectivity index (χ1v) is 10.9. The molecule has 35 heavy (non-hydrogen) atoms. The number of hydrogen-bond donors (Lipinski definition) is 2. The predicted molar refractivity (Wildman–Crippen MR) is 129 cm³/mol. The molecule has 2 heterocycles. The van der Waals surface area contributed by atoms with E-state index < -0.39 is 17.8 Å². The van der Waals surface area contributed by atoms with Gasteiger partial charge >= 0.3 is 6.03 Å². The number of hydrogen-bond acceptors (Lipinski definition) is 5. The van der Waals surface area contributed by atoms with Gasteiger partial charge in [0.15, 0.2) is 0 Å². The summed E-state index contributed by atoms with van der Waals surface area (Å²) in [5.41, 5.74) is 3.58. The molecule has 0 aliphatic carbocycles. The molecule has 4 aromatic rings. The van der Waals surface area contributed by atoms with E-state index in [-0.39, 0.29) is 5.57 Å². The molecule has 0 radical (unpaired) electrons. The van der Waals surface area contributed by atoms with Gasteiger partial charge in [0.1, 0.15) is 17.9 Å². The molecule has 1 aliphatic rings. The topological polar surface area (TPSA) is 102 Å². The first-order chi connectivity index (χ1) is 17.1. The largest absolute Gasteiger partial charge is 0.489 e. The van der Waals surface area contributed by atoms with Crippen molar-refractivity contribution < 1.29 is 19.1 Å². The minimum Gasteiger partial charge on any atom is -0.489 e. The zero-order valence-corrected chi connectivity index (χ0v) is 18.5. The number of nitrogens with one attached hydrogen (secondary N) is 2. The molecule has 5 rings (SSSR count). The van der Waals surface area contributed by atoms with Crippen LogP contribution in [0.3, 0.4) is 0 Å². The van der Waals surface area contributed by atoms with Crippen LogP contribution in [0, 0.1) is 0 Å². The fraction of sp³-hybridized carbons (Fsp3) is 0.0370. The Bertz CT molecular complexity index is 1400. The average molecular weight is 464 g/mol. The van der Waals surface area contributed by atoms with Crippen LogP contribution >= 0.6 is 0 Å². The van der Waals surface area contributed by atoms with Crippen LogP contribution in [0.4, 0.5) is 4.79 Å². The average Bonchev–Trinajstić information content (AvgIpc) is 3.30. The highest BCUT2D eigenvalue weighted by atomic mass is 16.5. The maximum absolute atomic E-state index is 12.3. The van der Waals surface area contributed by atoms with Gasteiger partial charge in [-0.05, 0) is 48.0 Å². The standard InChI is InChI=1S/C27H20N4O4/c32-25-23(26(33)29-27(34)28-25)15-20-16-31(21-9-5-2-6-10-21)30-24(20)19-11-13-22(14-12-19)35-17-18-7-3-1-4-8-18/h1-16H,17H2,(H2,28,29,32,33,34). The lowest BCUT2D eigenvalue weighted by atomic mass is 10.0. The van der Waals surface area contributed by atoms with E-state index in [4.69, 9.17) is 9.84 Å². The van der Waals surface area contributed by atoms with E-state index in [1.807, 2.05) is 84.9 Å². The summed E-state index contributed by atoms with van der Waals surface area (Å²) in [6, 6.07) is 25.9. The van der Waals surface area contributed by atoms with Crippen molar-refractivity contribution >= 4 is 23.9 Å². The van der Waals surface area contributed by atoms with Gasteiger partial charge in [-0.3, -0.25) is 20.2 Å². The molecule has 1 saturated heterocycles. The van der Waals surface area contributed by atoms with Crippen LogP contribution in [0.15, 0.2) is 96.7 Å². The normalized spacial score (nSPS) is 13.3. The molecule has 0 unspecified atom stereocenters. The molecule has 0 saturated carbocycles. The number of aromatic nitrogens is 2. The molecule has 3 aromatic carbocycles. The van der Waals surface area contributed by atoms with E-state index in [1.54, 1.807) is 10.9 Å². The van der Waals surface area contributed by atoms with Crippen LogP contribution in [0.5, 0.6) is 5.75 Å². The quantitative estimate of drug-likeness (QED) is 0.333. The Hall–Kier alpha value is -4.98. The summed E-state index contributed by atoms with van der Waals surface area (Å²) < 4.78 is 7.54. The Morgan fingerprint density at radius 2 is 1.43 bits per heavy atom. The third-order valence-electron chi connectivity index (χ3n) is 5.38. The molecule has 8 heteroatoms. The van der Waals surface area contributed by atoms with Crippen molar-refractivity contribution in [2.24, 2.45) is 0 Å². The van der Waals surface area contributed by atoms with E-state index in [0.29, 0.717) is 23.6 Å². The summed E-state index contributed by atoms with van der Waals surface area (Å²) in [6.45, 7) is 0.448. The van der Waals surface area contributed by atoms with Gasteiger partial charge < -0.3 is 4.74 Å². The Morgan fingerprint density at radius 1 is 0.800 bits per heavy atom. The van der Waals surface area contributed by atoms with Gasteiger partial charge in [-0.15, -0.1) is 0 Å². The Labute approximate surface area is 200 Å². The number of imide groups is 2. The van der Waals surface area contributed by atoms with Gasteiger partial charge in [0.2, 0.25) is 0 Å². The van der Waals surface area contributed by atoms with E-state index in [9.17, 15) is 14.4 Å². The zero-order valence-electron chi connectivity index (χ0n) is 18.5.